The summed E-state index contributed by atoms with van der Waals surface area (Å²) < 4.78 is 5.79. The number of epoxide rings is 1. The van der Waals surface area contributed by atoms with Gasteiger partial charge in [-0.15, -0.1) is 0 Å². The number of rotatable bonds is 29. The number of allylic oxidation sites excluding steroid dienone is 4. The molecule has 0 bridgehead atoms. The van der Waals surface area contributed by atoms with E-state index < -0.39 is 12.1 Å². The highest BCUT2D eigenvalue weighted by Crippen LogP contribution is 2.30. The maximum absolute atomic E-state index is 12.3. The summed E-state index contributed by atoms with van der Waals surface area (Å²) in [6.45, 7) is 4.19. The average molecular weight is 576 g/mol. The zero-order valence-electron chi connectivity index (χ0n) is 26.7. The monoisotopic (exact) mass is 575 g/mol. The number of carbonyl (C=O) groups is 1. The van der Waals surface area contributed by atoms with E-state index in [1.165, 1.54) is 89.9 Å². The fourth-order valence-electron chi connectivity index (χ4n) is 5.18. The van der Waals surface area contributed by atoms with Gasteiger partial charge in [0, 0.05) is 6.42 Å². The van der Waals surface area contributed by atoms with E-state index in [1.54, 1.807) is 6.08 Å². The average Bonchev–Trinajstić information content (AvgIpc) is 3.73. The Morgan fingerprint density at radius 1 is 0.707 bits per heavy atom. The van der Waals surface area contributed by atoms with Crippen molar-refractivity contribution in [1.29, 1.82) is 0 Å². The molecule has 1 aliphatic heterocycles. The van der Waals surface area contributed by atoms with Crippen molar-refractivity contribution in [2.45, 2.75) is 179 Å². The molecule has 0 aliphatic carbocycles. The molecule has 0 aromatic carbocycles. The number of aliphatic hydroxyl groups is 2. The third kappa shape index (κ3) is 22.8. The van der Waals surface area contributed by atoms with E-state index in [0.717, 1.165) is 44.9 Å². The molecule has 1 heterocycles. The second-order valence-corrected chi connectivity index (χ2v) is 12.0. The molecular formula is C36H65NO4. The van der Waals surface area contributed by atoms with Crippen LogP contribution in [0.25, 0.3) is 0 Å². The summed E-state index contributed by atoms with van der Waals surface area (Å²) in [5.74, 6) is -0.0886. The maximum Gasteiger partial charge on any atom is 0.220 e. The number of amides is 1. The largest absolute Gasteiger partial charge is 0.394 e. The molecule has 1 rings (SSSR count). The van der Waals surface area contributed by atoms with Crippen LogP contribution < -0.4 is 5.32 Å². The Morgan fingerprint density at radius 2 is 1.29 bits per heavy atom. The van der Waals surface area contributed by atoms with Crippen LogP contribution in [0.3, 0.4) is 0 Å². The predicted molar refractivity (Wildman–Crippen MR) is 174 cm³/mol. The number of nitrogens with one attached hydrogen (secondary N) is 1. The van der Waals surface area contributed by atoms with E-state index in [9.17, 15) is 15.0 Å². The molecule has 0 radical (unpaired) electrons. The third-order valence-electron chi connectivity index (χ3n) is 7.99. The van der Waals surface area contributed by atoms with E-state index in [-0.39, 0.29) is 12.5 Å². The normalized spacial score (nSPS) is 18.5. The first-order chi connectivity index (χ1) is 20.1. The molecule has 41 heavy (non-hydrogen) atoms. The Labute approximate surface area is 253 Å². The lowest BCUT2D eigenvalue weighted by Crippen LogP contribution is -2.45. The molecule has 3 N–H and O–H groups in total. The van der Waals surface area contributed by atoms with E-state index in [2.05, 4.69) is 43.5 Å². The van der Waals surface area contributed by atoms with Gasteiger partial charge in [-0.25, -0.2) is 0 Å². The minimum atomic E-state index is -0.852. The molecule has 1 fully saturated rings. The van der Waals surface area contributed by atoms with Gasteiger partial charge in [0.25, 0.3) is 0 Å². The first kappa shape index (κ1) is 37.6. The summed E-state index contributed by atoms with van der Waals surface area (Å²) in [6, 6.07) is -0.636. The van der Waals surface area contributed by atoms with Crippen molar-refractivity contribution in [2.24, 2.45) is 0 Å². The standard InChI is InChI=1S/C36H65NO4/c1-3-5-7-9-11-12-13-14-15-16-17-19-23-27-33(39)32(31-38)37-36(40)30-26-22-18-21-25-29-35-34(41-35)28-24-20-10-8-6-4-2/h7,9,20,23-24,27,32-35,38-39H,3-6,8,10-19,21-22,25-26,28-31H2,1-2H3,(H,37,40)/b9-7-,24-20-,27-23+/t32-,33+,34?,35?/m0/s1. The summed E-state index contributed by atoms with van der Waals surface area (Å²) in [5.41, 5.74) is 0. The fourth-order valence-corrected chi connectivity index (χ4v) is 5.18. The first-order valence-electron chi connectivity index (χ1n) is 17.3. The Hall–Kier alpha value is -1.43. The van der Waals surface area contributed by atoms with Gasteiger partial charge in [0.15, 0.2) is 0 Å². The number of hydrogen-bond donors (Lipinski definition) is 3. The van der Waals surface area contributed by atoms with E-state index in [0.29, 0.717) is 18.6 Å². The molecule has 5 nitrogen and oxygen atoms in total. The third-order valence-corrected chi connectivity index (χ3v) is 7.99. The second-order valence-electron chi connectivity index (χ2n) is 12.0. The molecule has 1 aliphatic rings. The van der Waals surface area contributed by atoms with Crippen molar-refractivity contribution in [3.63, 3.8) is 0 Å². The highest BCUT2D eigenvalue weighted by atomic mass is 16.6. The maximum atomic E-state index is 12.3. The topological polar surface area (TPSA) is 82.1 Å². The van der Waals surface area contributed by atoms with Crippen LogP contribution in [-0.4, -0.2) is 47.1 Å². The van der Waals surface area contributed by atoms with Crippen LogP contribution in [0.5, 0.6) is 0 Å². The summed E-state index contributed by atoms with van der Waals surface area (Å²) in [4.78, 5) is 12.3. The second kappa shape index (κ2) is 27.4. The summed E-state index contributed by atoms with van der Waals surface area (Å²) in [7, 11) is 0. The smallest absolute Gasteiger partial charge is 0.220 e. The molecule has 238 valence electrons. The van der Waals surface area contributed by atoms with E-state index in [4.69, 9.17) is 4.74 Å². The minimum absolute atomic E-state index is 0.0886. The molecule has 1 amide bonds. The SMILES string of the molecule is CCC/C=C\CCCCCCCC/C=C/[C@@H](O)[C@H](CO)NC(=O)CCCCCCCC1OC1C/C=C\CCCCC. The lowest BCUT2D eigenvalue weighted by Gasteiger charge is -2.20. The van der Waals surface area contributed by atoms with Gasteiger partial charge in [-0.1, -0.05) is 121 Å². The summed E-state index contributed by atoms with van der Waals surface area (Å²) in [5, 5.41) is 22.8. The quantitative estimate of drug-likeness (QED) is 0.0472. The van der Waals surface area contributed by atoms with Gasteiger partial charge >= 0.3 is 0 Å². The predicted octanol–water partition coefficient (Wildman–Crippen LogP) is 8.88. The van der Waals surface area contributed by atoms with Crippen LogP contribution in [0.1, 0.15) is 155 Å². The van der Waals surface area contributed by atoms with Crippen LogP contribution in [0, 0.1) is 0 Å². The summed E-state index contributed by atoms with van der Waals surface area (Å²) >= 11 is 0. The number of hydrogen-bond acceptors (Lipinski definition) is 4. The van der Waals surface area contributed by atoms with Gasteiger partial charge in [0.05, 0.1) is 31.0 Å². The highest BCUT2D eigenvalue weighted by molar-refractivity contribution is 5.76. The van der Waals surface area contributed by atoms with Crippen molar-refractivity contribution >= 4 is 5.91 Å². The van der Waals surface area contributed by atoms with Gasteiger partial charge in [-0.3, -0.25) is 4.79 Å². The molecule has 2 unspecified atom stereocenters. The Morgan fingerprint density at radius 3 is 1.98 bits per heavy atom. The van der Waals surface area contributed by atoms with Crippen LogP contribution in [0.2, 0.25) is 0 Å². The number of carbonyl (C=O) groups excluding carboxylic acids is 1. The van der Waals surface area contributed by atoms with Crippen molar-refractivity contribution in [2.75, 3.05) is 6.61 Å². The van der Waals surface area contributed by atoms with Crippen LogP contribution in [0.4, 0.5) is 0 Å². The van der Waals surface area contributed by atoms with E-state index >= 15 is 0 Å². The molecule has 0 saturated carbocycles. The van der Waals surface area contributed by atoms with Crippen LogP contribution in [-0.2, 0) is 9.53 Å². The van der Waals surface area contributed by atoms with Crippen molar-refractivity contribution in [3.05, 3.63) is 36.5 Å². The number of ether oxygens (including phenoxy) is 1. The lowest BCUT2D eigenvalue weighted by atomic mass is 10.1. The molecule has 4 atom stereocenters. The zero-order valence-corrected chi connectivity index (χ0v) is 26.7. The first-order valence-corrected chi connectivity index (χ1v) is 17.3. The van der Waals surface area contributed by atoms with E-state index in [1.807, 2.05) is 6.08 Å². The Kier molecular flexibility index (Phi) is 25.1. The minimum Gasteiger partial charge on any atom is -0.394 e. The van der Waals surface area contributed by atoms with Crippen molar-refractivity contribution < 1.29 is 19.7 Å². The van der Waals surface area contributed by atoms with Gasteiger partial charge in [-0.05, 0) is 64.2 Å². The lowest BCUT2D eigenvalue weighted by molar-refractivity contribution is -0.123. The zero-order chi connectivity index (χ0) is 29.8. The molecular weight excluding hydrogens is 510 g/mol. The summed E-state index contributed by atoms with van der Waals surface area (Å²) in [6.07, 6.45) is 38.1. The molecule has 1 saturated heterocycles. The Bertz CT molecular complexity index is 689. The van der Waals surface area contributed by atoms with Gasteiger partial charge in [-0.2, -0.15) is 0 Å². The number of aliphatic hydroxyl groups excluding tert-OH is 2. The van der Waals surface area contributed by atoms with Crippen LogP contribution >= 0.6 is 0 Å². The van der Waals surface area contributed by atoms with Gasteiger partial charge in [0.1, 0.15) is 0 Å². The molecule has 0 aromatic heterocycles. The Balaban J connectivity index is 1.97. The van der Waals surface area contributed by atoms with Crippen molar-refractivity contribution in [3.8, 4) is 0 Å². The molecule has 0 spiro atoms. The van der Waals surface area contributed by atoms with Gasteiger partial charge < -0.3 is 20.3 Å². The van der Waals surface area contributed by atoms with Gasteiger partial charge in [0.2, 0.25) is 5.91 Å². The molecule has 5 heteroatoms. The highest BCUT2D eigenvalue weighted by Gasteiger charge is 2.36. The van der Waals surface area contributed by atoms with Crippen molar-refractivity contribution in [1.82, 2.24) is 5.32 Å². The molecule has 0 aromatic rings. The van der Waals surface area contributed by atoms with Crippen LogP contribution in [0.15, 0.2) is 36.5 Å². The fraction of sp³-hybridized carbons (Fsp3) is 0.806. The number of unbranched alkanes of at least 4 members (excludes halogenated alkanes) is 15.